The summed E-state index contributed by atoms with van der Waals surface area (Å²) in [7, 11) is 0. The van der Waals surface area contributed by atoms with Gasteiger partial charge < -0.3 is 9.26 Å². The van der Waals surface area contributed by atoms with Crippen LogP contribution < -0.4 is 0 Å². The first kappa shape index (κ1) is 15.0. The van der Waals surface area contributed by atoms with E-state index in [0.29, 0.717) is 18.0 Å². The fourth-order valence-corrected chi connectivity index (χ4v) is 3.58. The summed E-state index contributed by atoms with van der Waals surface area (Å²) in [6.07, 6.45) is 10.7. The van der Waals surface area contributed by atoms with Gasteiger partial charge in [-0.05, 0) is 32.2 Å². The van der Waals surface area contributed by atoms with Crippen molar-refractivity contribution in [1.82, 2.24) is 15.0 Å². The van der Waals surface area contributed by atoms with E-state index < -0.39 is 0 Å². The molecule has 1 aromatic rings. The van der Waals surface area contributed by atoms with Crippen molar-refractivity contribution in [3.63, 3.8) is 0 Å². The van der Waals surface area contributed by atoms with Gasteiger partial charge in [-0.3, -0.25) is 4.90 Å². The Kier molecular flexibility index (Phi) is 5.25. The molecule has 1 saturated heterocycles. The van der Waals surface area contributed by atoms with Crippen LogP contribution in [0, 0.1) is 6.92 Å². The molecule has 1 aromatic heterocycles. The number of likely N-dealkylation sites (tertiary alicyclic amines) is 1. The van der Waals surface area contributed by atoms with E-state index in [-0.39, 0.29) is 0 Å². The molecular formula is C16H27N3O2. The molecule has 5 heteroatoms. The van der Waals surface area contributed by atoms with Crippen LogP contribution in [0.5, 0.6) is 0 Å². The Morgan fingerprint density at radius 2 is 1.95 bits per heavy atom. The summed E-state index contributed by atoms with van der Waals surface area (Å²) >= 11 is 0. The minimum atomic E-state index is 0.320. The Labute approximate surface area is 127 Å². The monoisotopic (exact) mass is 293 g/mol. The standard InChI is InChI=1S/C16H27N3O2/c1-13-17-16(18-21-13)15-9-6-10-19(15)11-12-20-14-7-4-2-3-5-8-14/h14-15H,2-12H2,1H3/t15-/m1/s1. The lowest BCUT2D eigenvalue weighted by atomic mass is 10.1. The number of aromatic nitrogens is 2. The third-order valence-electron chi connectivity index (χ3n) is 4.74. The van der Waals surface area contributed by atoms with Crippen LogP contribution in [-0.2, 0) is 4.74 Å². The van der Waals surface area contributed by atoms with Crippen molar-refractivity contribution >= 4 is 0 Å². The summed E-state index contributed by atoms with van der Waals surface area (Å²) in [6.45, 7) is 4.78. The lowest BCUT2D eigenvalue weighted by molar-refractivity contribution is 0.0263. The van der Waals surface area contributed by atoms with Gasteiger partial charge in [0.2, 0.25) is 5.89 Å². The molecule has 1 aliphatic heterocycles. The summed E-state index contributed by atoms with van der Waals surface area (Å²) in [5, 5.41) is 4.09. The lowest BCUT2D eigenvalue weighted by Crippen LogP contribution is -2.29. The van der Waals surface area contributed by atoms with E-state index in [1.54, 1.807) is 0 Å². The largest absolute Gasteiger partial charge is 0.377 e. The Morgan fingerprint density at radius 3 is 2.67 bits per heavy atom. The molecule has 2 heterocycles. The molecule has 0 radical (unpaired) electrons. The molecule has 0 unspecified atom stereocenters. The second kappa shape index (κ2) is 7.36. The van der Waals surface area contributed by atoms with Crippen molar-refractivity contribution in [3.8, 4) is 0 Å². The minimum Gasteiger partial charge on any atom is -0.377 e. The zero-order chi connectivity index (χ0) is 14.5. The highest BCUT2D eigenvalue weighted by Crippen LogP contribution is 2.29. The molecule has 1 aliphatic carbocycles. The molecule has 2 fully saturated rings. The molecule has 3 rings (SSSR count). The molecule has 1 atom stereocenters. The Hall–Kier alpha value is -0.940. The Balaban J connectivity index is 1.45. The highest BCUT2D eigenvalue weighted by molar-refractivity contribution is 4.97. The van der Waals surface area contributed by atoms with Crippen LogP contribution in [0.2, 0.25) is 0 Å². The molecule has 0 amide bonds. The summed E-state index contributed by atoms with van der Waals surface area (Å²) < 4.78 is 11.2. The first-order chi connectivity index (χ1) is 10.3. The maximum Gasteiger partial charge on any atom is 0.223 e. The highest BCUT2D eigenvalue weighted by Gasteiger charge is 2.29. The van der Waals surface area contributed by atoms with Crippen LogP contribution in [0.1, 0.15) is 69.1 Å². The zero-order valence-corrected chi connectivity index (χ0v) is 13.1. The maximum absolute atomic E-state index is 6.11. The second-order valence-electron chi connectivity index (χ2n) is 6.35. The average molecular weight is 293 g/mol. The van der Waals surface area contributed by atoms with E-state index in [2.05, 4.69) is 15.0 Å². The third-order valence-corrected chi connectivity index (χ3v) is 4.74. The van der Waals surface area contributed by atoms with Gasteiger partial charge in [0.1, 0.15) is 0 Å². The topological polar surface area (TPSA) is 51.4 Å². The molecule has 0 spiro atoms. The highest BCUT2D eigenvalue weighted by atomic mass is 16.5. The molecule has 1 saturated carbocycles. The third kappa shape index (κ3) is 4.04. The van der Waals surface area contributed by atoms with Gasteiger partial charge in [0, 0.05) is 13.5 Å². The number of hydrogen-bond donors (Lipinski definition) is 0. The van der Waals surface area contributed by atoms with Gasteiger partial charge >= 0.3 is 0 Å². The van der Waals surface area contributed by atoms with Gasteiger partial charge in [0.05, 0.1) is 18.8 Å². The first-order valence-corrected chi connectivity index (χ1v) is 8.49. The van der Waals surface area contributed by atoms with Crippen LogP contribution in [0.25, 0.3) is 0 Å². The van der Waals surface area contributed by atoms with Crippen molar-refractivity contribution in [2.45, 2.75) is 70.4 Å². The smallest absolute Gasteiger partial charge is 0.223 e. The molecule has 118 valence electrons. The maximum atomic E-state index is 6.11. The molecule has 21 heavy (non-hydrogen) atoms. The number of rotatable bonds is 5. The van der Waals surface area contributed by atoms with Gasteiger partial charge in [0.15, 0.2) is 5.82 Å². The van der Waals surface area contributed by atoms with Gasteiger partial charge in [-0.15, -0.1) is 0 Å². The molecule has 0 N–H and O–H groups in total. The van der Waals surface area contributed by atoms with Crippen molar-refractivity contribution in [2.75, 3.05) is 19.7 Å². The average Bonchev–Trinajstić information content (AvgIpc) is 3.02. The number of ether oxygens (including phenoxy) is 1. The van der Waals surface area contributed by atoms with Gasteiger partial charge in [-0.1, -0.05) is 30.8 Å². The number of nitrogens with zero attached hydrogens (tertiary/aromatic N) is 3. The number of aryl methyl sites for hydroxylation is 1. The first-order valence-electron chi connectivity index (χ1n) is 8.49. The SMILES string of the molecule is Cc1nc([C@H]2CCCN2CCOC2CCCCCC2)no1. The minimum absolute atomic E-state index is 0.320. The Bertz CT molecular complexity index is 427. The normalized spacial score (nSPS) is 25.3. The van der Waals surface area contributed by atoms with Crippen molar-refractivity contribution < 1.29 is 9.26 Å². The Morgan fingerprint density at radius 1 is 1.14 bits per heavy atom. The molecule has 5 nitrogen and oxygen atoms in total. The quantitative estimate of drug-likeness (QED) is 0.780. The van der Waals surface area contributed by atoms with Crippen LogP contribution in [0.3, 0.4) is 0 Å². The molecule has 2 aliphatic rings. The predicted molar refractivity (Wildman–Crippen MR) is 80.0 cm³/mol. The van der Waals surface area contributed by atoms with Crippen molar-refractivity contribution in [2.24, 2.45) is 0 Å². The lowest BCUT2D eigenvalue weighted by Gasteiger charge is -2.23. The fraction of sp³-hybridized carbons (Fsp3) is 0.875. The van der Waals surface area contributed by atoms with Crippen molar-refractivity contribution in [1.29, 1.82) is 0 Å². The summed E-state index contributed by atoms with van der Waals surface area (Å²) in [5.74, 6) is 1.51. The predicted octanol–water partition coefficient (Wildman–Crippen LogP) is 3.25. The van der Waals surface area contributed by atoms with Gasteiger partial charge in [0.25, 0.3) is 0 Å². The molecule has 0 bridgehead atoms. The van der Waals surface area contributed by atoms with E-state index in [9.17, 15) is 0 Å². The molecular weight excluding hydrogens is 266 g/mol. The summed E-state index contributed by atoms with van der Waals surface area (Å²) in [5.41, 5.74) is 0. The van der Waals surface area contributed by atoms with E-state index >= 15 is 0 Å². The van der Waals surface area contributed by atoms with Gasteiger partial charge in [-0.2, -0.15) is 4.98 Å². The van der Waals surface area contributed by atoms with Crippen LogP contribution in [0.15, 0.2) is 4.52 Å². The summed E-state index contributed by atoms with van der Waals surface area (Å²) in [4.78, 5) is 6.84. The number of hydrogen-bond acceptors (Lipinski definition) is 5. The van der Waals surface area contributed by atoms with Crippen LogP contribution in [-0.4, -0.2) is 40.8 Å². The van der Waals surface area contributed by atoms with Crippen LogP contribution in [0.4, 0.5) is 0 Å². The van der Waals surface area contributed by atoms with Crippen LogP contribution >= 0.6 is 0 Å². The van der Waals surface area contributed by atoms with Crippen molar-refractivity contribution in [3.05, 3.63) is 11.7 Å². The van der Waals surface area contributed by atoms with E-state index in [1.165, 1.54) is 44.9 Å². The second-order valence-corrected chi connectivity index (χ2v) is 6.35. The zero-order valence-electron chi connectivity index (χ0n) is 13.1. The van der Waals surface area contributed by atoms with E-state index in [4.69, 9.17) is 9.26 Å². The van der Waals surface area contributed by atoms with E-state index in [1.807, 2.05) is 6.92 Å². The molecule has 0 aromatic carbocycles. The van der Waals surface area contributed by atoms with Gasteiger partial charge in [-0.25, -0.2) is 0 Å². The summed E-state index contributed by atoms with van der Waals surface area (Å²) in [6, 6.07) is 0.320. The fourth-order valence-electron chi connectivity index (χ4n) is 3.58. The van der Waals surface area contributed by atoms with E-state index in [0.717, 1.165) is 31.9 Å².